The second-order valence-electron chi connectivity index (χ2n) is 8.13. The molecule has 1 aliphatic rings. The lowest BCUT2D eigenvalue weighted by atomic mass is 10.1. The summed E-state index contributed by atoms with van der Waals surface area (Å²) in [5, 5.41) is 4.77. The van der Waals surface area contributed by atoms with E-state index in [-0.39, 0.29) is 39.3 Å². The van der Waals surface area contributed by atoms with Crippen molar-refractivity contribution in [2.24, 2.45) is 0 Å². The zero-order valence-corrected chi connectivity index (χ0v) is 20.3. The highest BCUT2D eigenvalue weighted by molar-refractivity contribution is 7.91. The van der Waals surface area contributed by atoms with Crippen LogP contribution in [0.1, 0.15) is 6.92 Å². The van der Waals surface area contributed by atoms with Gasteiger partial charge in [-0.3, -0.25) is 0 Å². The van der Waals surface area contributed by atoms with Gasteiger partial charge in [0, 0.05) is 43.8 Å². The van der Waals surface area contributed by atoms with Gasteiger partial charge in [-0.05, 0) is 18.4 Å². The first kappa shape index (κ1) is 25.5. The zero-order chi connectivity index (χ0) is 25.9. The predicted octanol–water partition coefficient (Wildman–Crippen LogP) is 3.82. The van der Waals surface area contributed by atoms with Crippen LogP contribution < -0.4 is 10.2 Å². The van der Waals surface area contributed by atoms with Crippen molar-refractivity contribution in [1.82, 2.24) is 9.88 Å². The van der Waals surface area contributed by atoms with E-state index in [0.29, 0.717) is 5.69 Å². The molecule has 4 rings (SSSR count). The van der Waals surface area contributed by atoms with Gasteiger partial charge in [-0.1, -0.05) is 36.4 Å². The molecule has 0 saturated carbocycles. The van der Waals surface area contributed by atoms with E-state index in [2.05, 4.69) is 10.3 Å². The highest BCUT2D eigenvalue weighted by Gasteiger charge is 2.33. The quantitative estimate of drug-likeness (QED) is 0.472. The first-order valence-electron chi connectivity index (χ1n) is 11.4. The number of amides is 1. The summed E-state index contributed by atoms with van der Waals surface area (Å²) in [4.78, 5) is 16.5. The number of sulfone groups is 1. The molecule has 3 aromatic rings. The number of fused-ring (bicyclic) bond motifs is 1. The fourth-order valence-corrected chi connectivity index (χ4v) is 5.38. The molecule has 0 bridgehead atoms. The van der Waals surface area contributed by atoms with Gasteiger partial charge in [-0.15, -0.1) is 0 Å². The molecule has 0 unspecified atom stereocenters. The smallest absolute Gasteiger partial charge is 0.409 e. The molecule has 1 saturated heterocycles. The number of aromatic nitrogens is 1. The molecule has 36 heavy (non-hydrogen) atoms. The topological polar surface area (TPSA) is 91.8 Å². The summed E-state index contributed by atoms with van der Waals surface area (Å²) in [5.41, 5.74) is 0.658. The number of carbonyl (C=O) groups is 1. The van der Waals surface area contributed by atoms with Crippen LogP contribution in [0.3, 0.4) is 0 Å². The third-order valence-electron chi connectivity index (χ3n) is 5.87. The van der Waals surface area contributed by atoms with Gasteiger partial charge in [0.25, 0.3) is 5.95 Å². The van der Waals surface area contributed by atoms with Gasteiger partial charge in [-0.2, -0.15) is 9.37 Å². The molecule has 0 radical (unpaired) electrons. The number of ether oxygens (including phenoxy) is 1. The number of carbonyl (C=O) groups excluding carboxylic acids is 1. The molecule has 1 N–H and O–H groups in total. The largest absolute Gasteiger partial charge is 0.450 e. The molecule has 1 amide bonds. The van der Waals surface area contributed by atoms with Crippen molar-refractivity contribution in [2.45, 2.75) is 11.8 Å². The Kier molecular flexibility index (Phi) is 7.53. The van der Waals surface area contributed by atoms with Crippen molar-refractivity contribution in [3.8, 4) is 0 Å². The number of nitrogens with zero attached hydrogens (tertiary/aromatic N) is 3. The zero-order valence-electron chi connectivity index (χ0n) is 19.5. The van der Waals surface area contributed by atoms with Crippen molar-refractivity contribution in [3.05, 3.63) is 60.0 Å². The lowest BCUT2D eigenvalue weighted by Gasteiger charge is -2.35. The molecule has 1 aromatic heterocycles. The van der Waals surface area contributed by atoms with E-state index in [4.69, 9.17) is 4.74 Å². The minimum absolute atomic E-state index is 0.0376. The maximum absolute atomic E-state index is 15.3. The summed E-state index contributed by atoms with van der Waals surface area (Å²) >= 11 is 0. The van der Waals surface area contributed by atoms with Crippen molar-refractivity contribution >= 4 is 38.2 Å². The number of rotatable bonds is 7. The first-order valence-corrected chi connectivity index (χ1v) is 13.0. The summed E-state index contributed by atoms with van der Waals surface area (Å²) in [6.07, 6.45) is -0.544. The van der Waals surface area contributed by atoms with Crippen LogP contribution in [-0.4, -0.2) is 69.5 Å². The summed E-state index contributed by atoms with van der Waals surface area (Å²) in [6, 6.07) is 12.9. The van der Waals surface area contributed by atoms with Crippen molar-refractivity contribution < 1.29 is 31.1 Å². The summed E-state index contributed by atoms with van der Waals surface area (Å²) in [7, 11) is -4.56. The van der Waals surface area contributed by atoms with Crippen molar-refractivity contribution in [3.63, 3.8) is 0 Å². The molecule has 2 aromatic carbocycles. The minimum atomic E-state index is -4.56. The number of piperazine rings is 1. The number of hydrogen-bond donors (Lipinski definition) is 1. The van der Waals surface area contributed by atoms with E-state index < -0.39 is 50.0 Å². The fraction of sp³-hybridized carbons (Fsp3) is 0.333. The van der Waals surface area contributed by atoms with E-state index in [1.165, 1.54) is 9.80 Å². The standard InChI is InChI=1S/C24H25F3N4O4S/c1-2-35-24(32)31-13-11-30(12-14-31)23-20(26)21(19(25)22(27)29-23)36(33,34)15-10-28-18-9-5-7-16-6-3-4-8-17(16)18/h3-9,28H,2,10-15H2,1H3. The van der Waals surface area contributed by atoms with Crippen LogP contribution in [-0.2, 0) is 14.6 Å². The van der Waals surface area contributed by atoms with Gasteiger partial charge in [0.05, 0.1) is 12.4 Å². The van der Waals surface area contributed by atoms with Crippen molar-refractivity contribution in [1.29, 1.82) is 0 Å². The number of pyridine rings is 1. The highest BCUT2D eigenvalue weighted by Crippen LogP contribution is 2.29. The number of halogens is 3. The lowest BCUT2D eigenvalue weighted by molar-refractivity contribution is 0.105. The molecule has 192 valence electrons. The fourth-order valence-electron chi connectivity index (χ4n) is 4.08. The predicted molar refractivity (Wildman–Crippen MR) is 129 cm³/mol. The average molecular weight is 523 g/mol. The van der Waals surface area contributed by atoms with Crippen LogP contribution in [0, 0.1) is 17.6 Å². The molecule has 12 heteroatoms. The molecule has 2 heterocycles. The molecule has 0 atom stereocenters. The number of benzene rings is 2. The van der Waals surface area contributed by atoms with Crippen LogP contribution in [0.4, 0.5) is 29.5 Å². The van der Waals surface area contributed by atoms with Gasteiger partial charge < -0.3 is 19.9 Å². The molecule has 0 aliphatic carbocycles. The van der Waals surface area contributed by atoms with Crippen LogP contribution in [0.5, 0.6) is 0 Å². The van der Waals surface area contributed by atoms with Crippen LogP contribution >= 0.6 is 0 Å². The molecular weight excluding hydrogens is 497 g/mol. The SMILES string of the molecule is CCOC(=O)N1CCN(c2nc(F)c(F)c(S(=O)(=O)CCNc3cccc4ccccc34)c2F)CC1. The Balaban J connectivity index is 1.52. The average Bonchev–Trinajstić information content (AvgIpc) is 2.86. The molecule has 8 nitrogen and oxygen atoms in total. The van der Waals surface area contributed by atoms with E-state index >= 15 is 4.39 Å². The van der Waals surface area contributed by atoms with E-state index in [0.717, 1.165) is 10.8 Å². The minimum Gasteiger partial charge on any atom is -0.450 e. The Bertz CT molecular complexity index is 1370. The number of nitrogens with one attached hydrogen (secondary N) is 1. The summed E-state index contributed by atoms with van der Waals surface area (Å²) < 4.78 is 75.0. The van der Waals surface area contributed by atoms with Crippen LogP contribution in [0.25, 0.3) is 10.8 Å². The molecule has 0 spiro atoms. The van der Waals surface area contributed by atoms with Gasteiger partial charge in [0.2, 0.25) is 0 Å². The number of hydrogen-bond acceptors (Lipinski definition) is 7. The normalized spacial score (nSPS) is 14.2. The van der Waals surface area contributed by atoms with Gasteiger partial charge in [-0.25, -0.2) is 22.0 Å². The van der Waals surface area contributed by atoms with Crippen LogP contribution in [0.2, 0.25) is 0 Å². The number of anilines is 2. The van der Waals surface area contributed by atoms with E-state index in [1.54, 1.807) is 19.1 Å². The van der Waals surface area contributed by atoms with Gasteiger partial charge in [0.15, 0.2) is 27.3 Å². The Labute approximate surface area is 206 Å². The maximum atomic E-state index is 15.3. The maximum Gasteiger partial charge on any atom is 0.409 e. The summed E-state index contributed by atoms with van der Waals surface area (Å²) in [5.74, 6) is -6.31. The second kappa shape index (κ2) is 10.6. The second-order valence-corrected chi connectivity index (χ2v) is 10.2. The van der Waals surface area contributed by atoms with Gasteiger partial charge in [0.1, 0.15) is 4.90 Å². The van der Waals surface area contributed by atoms with Crippen LogP contribution in [0.15, 0.2) is 47.4 Å². The Morgan fingerprint density at radius 3 is 2.44 bits per heavy atom. The molecule has 1 aliphatic heterocycles. The monoisotopic (exact) mass is 522 g/mol. The lowest BCUT2D eigenvalue weighted by Crippen LogP contribution is -2.49. The highest BCUT2D eigenvalue weighted by atomic mass is 32.2. The third kappa shape index (κ3) is 5.18. The molecule has 1 fully saturated rings. The Morgan fingerprint density at radius 2 is 1.72 bits per heavy atom. The Morgan fingerprint density at radius 1 is 1.03 bits per heavy atom. The van der Waals surface area contributed by atoms with Gasteiger partial charge >= 0.3 is 6.09 Å². The van der Waals surface area contributed by atoms with E-state index in [9.17, 15) is 22.0 Å². The third-order valence-corrected chi connectivity index (χ3v) is 7.59. The first-order chi connectivity index (χ1) is 17.2. The van der Waals surface area contributed by atoms with Crippen molar-refractivity contribution in [2.75, 3.05) is 55.3 Å². The Hall–Kier alpha value is -3.54. The molecular formula is C24H25F3N4O4S. The van der Waals surface area contributed by atoms with E-state index in [1.807, 2.05) is 30.3 Å². The summed E-state index contributed by atoms with van der Waals surface area (Å²) in [6.45, 7) is 2.01.